The molecule has 2 N–H and O–H groups in total. The number of benzene rings is 3. The maximum absolute atomic E-state index is 13.4. The van der Waals surface area contributed by atoms with Crippen LogP contribution in [0, 0.1) is 0 Å². The van der Waals surface area contributed by atoms with E-state index in [1.165, 1.54) is 3.97 Å². The number of rotatable bonds is 5. The average molecular weight is 397 g/mol. The number of primary amides is 1. The lowest BCUT2D eigenvalue weighted by Gasteiger charge is -2.11. The van der Waals surface area contributed by atoms with Crippen LogP contribution >= 0.6 is 11.8 Å². The standard InChI is InChI=1S/C19H15N3O3S2/c20-18(23)12-26-19-21-16-7-3-4-8-17(16)22(19)27(24,25)15-10-9-13-5-1-2-6-14(13)11-15/h1-11H,12H2,(H2,20,23). The van der Waals surface area contributed by atoms with Crippen molar-refractivity contribution < 1.29 is 13.2 Å². The molecule has 0 bridgehead atoms. The molecule has 0 aliphatic heterocycles. The van der Waals surface area contributed by atoms with Gasteiger partial charge in [-0.3, -0.25) is 4.79 Å². The van der Waals surface area contributed by atoms with Gasteiger partial charge in [0, 0.05) is 0 Å². The third kappa shape index (κ3) is 3.17. The molecule has 4 aromatic rings. The van der Waals surface area contributed by atoms with Gasteiger partial charge < -0.3 is 5.73 Å². The molecule has 0 aliphatic carbocycles. The number of nitrogens with two attached hydrogens (primary N) is 1. The van der Waals surface area contributed by atoms with Crippen LogP contribution in [-0.2, 0) is 14.8 Å². The van der Waals surface area contributed by atoms with Gasteiger partial charge in [0.05, 0.1) is 21.7 Å². The Morgan fingerprint density at radius 2 is 1.70 bits per heavy atom. The maximum Gasteiger partial charge on any atom is 0.270 e. The van der Waals surface area contributed by atoms with Gasteiger partial charge in [-0.1, -0.05) is 54.2 Å². The van der Waals surface area contributed by atoms with Gasteiger partial charge >= 0.3 is 0 Å². The van der Waals surface area contributed by atoms with Crippen molar-refractivity contribution in [3.8, 4) is 0 Å². The molecule has 0 aliphatic rings. The highest BCUT2D eigenvalue weighted by atomic mass is 32.2. The van der Waals surface area contributed by atoms with Crippen molar-refractivity contribution in [2.75, 3.05) is 5.75 Å². The van der Waals surface area contributed by atoms with Crippen molar-refractivity contribution in [3.05, 3.63) is 66.7 Å². The van der Waals surface area contributed by atoms with E-state index in [2.05, 4.69) is 4.98 Å². The first-order valence-electron chi connectivity index (χ1n) is 8.10. The fraction of sp³-hybridized carbons (Fsp3) is 0.0526. The second-order valence-corrected chi connectivity index (χ2v) is 8.65. The Morgan fingerprint density at radius 3 is 2.48 bits per heavy atom. The Hall–Kier alpha value is -2.84. The first kappa shape index (κ1) is 17.6. The van der Waals surface area contributed by atoms with E-state index >= 15 is 0 Å². The number of aromatic nitrogens is 2. The summed E-state index contributed by atoms with van der Waals surface area (Å²) in [6.07, 6.45) is 0. The van der Waals surface area contributed by atoms with Gasteiger partial charge in [-0.25, -0.2) is 17.4 Å². The van der Waals surface area contributed by atoms with Crippen LogP contribution in [0.3, 0.4) is 0 Å². The number of carbonyl (C=O) groups excluding carboxylic acids is 1. The fourth-order valence-corrected chi connectivity index (χ4v) is 5.36. The smallest absolute Gasteiger partial charge is 0.270 e. The van der Waals surface area contributed by atoms with E-state index in [1.807, 2.05) is 24.3 Å². The Labute approximate surface area is 160 Å². The molecule has 1 heterocycles. The third-order valence-electron chi connectivity index (χ3n) is 4.09. The van der Waals surface area contributed by atoms with Crippen LogP contribution in [0.5, 0.6) is 0 Å². The molecule has 8 heteroatoms. The van der Waals surface area contributed by atoms with Crippen LogP contribution < -0.4 is 5.73 Å². The Bertz CT molecular complexity index is 1280. The van der Waals surface area contributed by atoms with E-state index in [4.69, 9.17) is 5.73 Å². The largest absolute Gasteiger partial charge is 0.369 e. The molecule has 0 radical (unpaired) electrons. The zero-order valence-electron chi connectivity index (χ0n) is 14.1. The molecule has 0 fully saturated rings. The number of para-hydroxylation sites is 2. The highest BCUT2D eigenvalue weighted by Crippen LogP contribution is 2.30. The molecule has 0 saturated heterocycles. The van der Waals surface area contributed by atoms with Gasteiger partial charge in [-0.15, -0.1) is 0 Å². The van der Waals surface area contributed by atoms with Crippen LogP contribution in [-0.4, -0.2) is 29.0 Å². The third-order valence-corrected chi connectivity index (χ3v) is 6.87. The summed E-state index contributed by atoms with van der Waals surface area (Å²) in [6, 6.07) is 19.5. The van der Waals surface area contributed by atoms with Crippen molar-refractivity contribution >= 4 is 49.5 Å². The van der Waals surface area contributed by atoms with Gasteiger partial charge in [0.1, 0.15) is 0 Å². The Kier molecular flexibility index (Phi) is 4.37. The number of imidazole rings is 1. The van der Waals surface area contributed by atoms with Crippen LogP contribution in [0.4, 0.5) is 0 Å². The van der Waals surface area contributed by atoms with Gasteiger partial charge in [0.2, 0.25) is 5.91 Å². The van der Waals surface area contributed by atoms with E-state index in [0.717, 1.165) is 22.5 Å². The number of hydrogen-bond acceptors (Lipinski definition) is 5. The molecule has 0 saturated carbocycles. The normalized spacial score (nSPS) is 11.9. The first-order valence-corrected chi connectivity index (χ1v) is 10.5. The number of amides is 1. The number of fused-ring (bicyclic) bond motifs is 2. The Morgan fingerprint density at radius 1 is 1.00 bits per heavy atom. The average Bonchev–Trinajstić information content (AvgIpc) is 3.05. The van der Waals surface area contributed by atoms with Crippen molar-refractivity contribution in [1.82, 2.24) is 8.96 Å². The molecule has 1 amide bonds. The van der Waals surface area contributed by atoms with Crippen molar-refractivity contribution in [2.45, 2.75) is 10.1 Å². The number of thioether (sulfide) groups is 1. The molecular weight excluding hydrogens is 382 g/mol. The monoisotopic (exact) mass is 397 g/mol. The second kappa shape index (κ2) is 6.71. The SMILES string of the molecule is NC(=O)CSc1nc2ccccc2n1S(=O)(=O)c1ccc2ccccc2c1. The van der Waals surface area contributed by atoms with Crippen LogP contribution in [0.2, 0.25) is 0 Å². The molecule has 0 atom stereocenters. The van der Waals surface area contributed by atoms with Gasteiger partial charge in [-0.2, -0.15) is 0 Å². The summed E-state index contributed by atoms with van der Waals surface area (Å²) in [5, 5.41) is 1.99. The first-order chi connectivity index (χ1) is 13.0. The topological polar surface area (TPSA) is 95.1 Å². The van der Waals surface area contributed by atoms with E-state index in [1.54, 1.807) is 42.5 Å². The minimum atomic E-state index is -3.91. The van der Waals surface area contributed by atoms with Crippen LogP contribution in [0.1, 0.15) is 0 Å². The molecule has 0 unspecified atom stereocenters. The summed E-state index contributed by atoms with van der Waals surface area (Å²) in [5.41, 5.74) is 6.21. The van der Waals surface area contributed by atoms with E-state index < -0.39 is 15.9 Å². The molecular formula is C19H15N3O3S2. The zero-order valence-corrected chi connectivity index (χ0v) is 15.7. The molecule has 4 rings (SSSR count). The van der Waals surface area contributed by atoms with Crippen LogP contribution in [0.25, 0.3) is 21.8 Å². The van der Waals surface area contributed by atoms with Crippen LogP contribution in [0.15, 0.2) is 76.8 Å². The summed E-state index contributed by atoms with van der Waals surface area (Å²) in [5.74, 6) is -0.599. The highest BCUT2D eigenvalue weighted by Gasteiger charge is 2.25. The van der Waals surface area contributed by atoms with E-state index in [9.17, 15) is 13.2 Å². The molecule has 6 nitrogen and oxygen atoms in total. The van der Waals surface area contributed by atoms with E-state index in [-0.39, 0.29) is 15.8 Å². The summed E-state index contributed by atoms with van der Waals surface area (Å²) in [6.45, 7) is 0. The predicted octanol–water partition coefficient (Wildman–Crippen LogP) is 3.00. The summed E-state index contributed by atoms with van der Waals surface area (Å²) in [4.78, 5) is 15.7. The quantitative estimate of drug-likeness (QED) is 0.522. The zero-order chi connectivity index (χ0) is 19.0. The number of hydrogen-bond donors (Lipinski definition) is 1. The second-order valence-electron chi connectivity index (χ2n) is 5.92. The molecule has 0 spiro atoms. The number of nitrogens with zero attached hydrogens (tertiary/aromatic N) is 2. The van der Waals surface area contributed by atoms with E-state index in [0.29, 0.717) is 11.0 Å². The molecule has 27 heavy (non-hydrogen) atoms. The van der Waals surface area contributed by atoms with Gasteiger partial charge in [0.15, 0.2) is 5.16 Å². The minimum absolute atomic E-state index is 0.0590. The minimum Gasteiger partial charge on any atom is -0.369 e. The number of carbonyl (C=O) groups is 1. The van der Waals surface area contributed by atoms with Crippen molar-refractivity contribution in [1.29, 1.82) is 0 Å². The van der Waals surface area contributed by atoms with Gasteiger partial charge in [-0.05, 0) is 35.0 Å². The maximum atomic E-state index is 13.4. The van der Waals surface area contributed by atoms with Crippen molar-refractivity contribution in [2.24, 2.45) is 5.73 Å². The predicted molar refractivity (Wildman–Crippen MR) is 106 cm³/mol. The lowest BCUT2D eigenvalue weighted by molar-refractivity contribution is -0.115. The Balaban J connectivity index is 1.92. The van der Waals surface area contributed by atoms with Gasteiger partial charge in [0.25, 0.3) is 10.0 Å². The molecule has 136 valence electrons. The fourth-order valence-electron chi connectivity index (χ4n) is 2.87. The highest BCUT2D eigenvalue weighted by molar-refractivity contribution is 8.00. The van der Waals surface area contributed by atoms with Crippen molar-refractivity contribution in [3.63, 3.8) is 0 Å². The summed E-state index contributed by atoms with van der Waals surface area (Å²) < 4.78 is 28.0. The summed E-state index contributed by atoms with van der Waals surface area (Å²) >= 11 is 1.00. The lowest BCUT2D eigenvalue weighted by Crippen LogP contribution is -2.17. The summed E-state index contributed by atoms with van der Waals surface area (Å²) in [7, 11) is -3.91. The molecule has 3 aromatic carbocycles. The lowest BCUT2D eigenvalue weighted by atomic mass is 10.1. The molecule has 1 aromatic heterocycles.